The molecule has 1 heterocycles. The molecule has 0 radical (unpaired) electrons. The SMILES string of the molecule is O=C(O)CCCS(=O)(=O)c1ccc2c(c1)OCCCO2. The quantitative estimate of drug-likeness (QED) is 0.886. The third-order valence-corrected chi connectivity index (χ3v) is 4.68. The average molecular weight is 300 g/mol. The number of aliphatic carboxylic acids is 1. The highest BCUT2D eigenvalue weighted by atomic mass is 32.2. The van der Waals surface area contributed by atoms with Crippen LogP contribution in [0.3, 0.4) is 0 Å². The zero-order valence-corrected chi connectivity index (χ0v) is 11.7. The zero-order valence-electron chi connectivity index (χ0n) is 10.9. The molecule has 110 valence electrons. The third-order valence-electron chi connectivity index (χ3n) is 2.88. The molecule has 0 saturated heterocycles. The molecule has 6 nitrogen and oxygen atoms in total. The van der Waals surface area contributed by atoms with Gasteiger partial charge in [0, 0.05) is 18.9 Å². The first-order valence-corrected chi connectivity index (χ1v) is 7.98. The molecule has 1 aromatic carbocycles. The lowest BCUT2D eigenvalue weighted by Gasteiger charge is -2.09. The van der Waals surface area contributed by atoms with Crippen LogP contribution in [-0.2, 0) is 14.6 Å². The molecule has 0 unspecified atom stereocenters. The van der Waals surface area contributed by atoms with Crippen LogP contribution in [0, 0.1) is 0 Å². The first-order valence-electron chi connectivity index (χ1n) is 6.33. The standard InChI is InChI=1S/C13H16O6S/c14-13(15)3-1-8-20(16,17)10-4-5-11-12(9-10)19-7-2-6-18-11/h4-5,9H,1-3,6-8H2,(H,14,15). The number of ether oxygens (including phenoxy) is 2. The molecule has 0 fully saturated rings. The highest BCUT2D eigenvalue weighted by molar-refractivity contribution is 7.91. The van der Waals surface area contributed by atoms with Gasteiger partial charge in [0.2, 0.25) is 0 Å². The van der Waals surface area contributed by atoms with Crippen molar-refractivity contribution in [3.05, 3.63) is 18.2 Å². The number of carbonyl (C=O) groups is 1. The molecule has 20 heavy (non-hydrogen) atoms. The Bertz CT molecular complexity index is 593. The highest BCUT2D eigenvalue weighted by Crippen LogP contribution is 2.32. The maximum absolute atomic E-state index is 12.1. The predicted molar refractivity (Wildman–Crippen MR) is 71.0 cm³/mol. The van der Waals surface area contributed by atoms with Crippen LogP contribution in [0.2, 0.25) is 0 Å². The van der Waals surface area contributed by atoms with Gasteiger partial charge in [0.1, 0.15) is 0 Å². The number of carboxylic acids is 1. The number of carboxylic acid groups (broad SMARTS) is 1. The molecule has 1 aliphatic rings. The minimum atomic E-state index is -3.50. The molecule has 0 spiro atoms. The van der Waals surface area contributed by atoms with E-state index in [1.165, 1.54) is 12.1 Å². The van der Waals surface area contributed by atoms with Gasteiger partial charge in [0.15, 0.2) is 21.3 Å². The lowest BCUT2D eigenvalue weighted by atomic mass is 10.3. The Morgan fingerprint density at radius 3 is 2.60 bits per heavy atom. The van der Waals surface area contributed by atoms with E-state index in [0.717, 1.165) is 6.42 Å². The van der Waals surface area contributed by atoms with Crippen molar-refractivity contribution >= 4 is 15.8 Å². The van der Waals surface area contributed by atoms with E-state index in [1.807, 2.05) is 0 Å². The second kappa shape index (κ2) is 6.13. The molecule has 7 heteroatoms. The van der Waals surface area contributed by atoms with Gasteiger partial charge in [0.25, 0.3) is 0 Å². The first kappa shape index (κ1) is 14.6. The van der Waals surface area contributed by atoms with Crippen LogP contribution in [0.4, 0.5) is 0 Å². The summed E-state index contributed by atoms with van der Waals surface area (Å²) in [6, 6.07) is 4.48. The fourth-order valence-corrected chi connectivity index (χ4v) is 3.19. The third kappa shape index (κ3) is 3.63. The maximum atomic E-state index is 12.1. The normalized spacial score (nSPS) is 14.6. The van der Waals surface area contributed by atoms with Gasteiger partial charge < -0.3 is 14.6 Å². The Hall–Kier alpha value is -1.76. The second-order valence-corrected chi connectivity index (χ2v) is 6.58. The minimum absolute atomic E-state index is 0.0894. The van der Waals surface area contributed by atoms with Gasteiger partial charge in [-0.2, -0.15) is 0 Å². The lowest BCUT2D eigenvalue weighted by Crippen LogP contribution is -2.09. The van der Waals surface area contributed by atoms with Gasteiger partial charge in [-0.05, 0) is 18.6 Å². The van der Waals surface area contributed by atoms with E-state index in [0.29, 0.717) is 24.7 Å². The second-order valence-electron chi connectivity index (χ2n) is 4.48. The summed E-state index contributed by atoms with van der Waals surface area (Å²) in [5.41, 5.74) is 0. The van der Waals surface area contributed by atoms with E-state index in [1.54, 1.807) is 6.07 Å². The van der Waals surface area contributed by atoms with Crippen LogP contribution in [0.15, 0.2) is 23.1 Å². The van der Waals surface area contributed by atoms with E-state index < -0.39 is 15.8 Å². The van der Waals surface area contributed by atoms with E-state index in [-0.39, 0.29) is 23.5 Å². The summed E-state index contributed by atoms with van der Waals surface area (Å²) in [5.74, 6) is -0.244. The van der Waals surface area contributed by atoms with Gasteiger partial charge >= 0.3 is 5.97 Å². The molecular weight excluding hydrogens is 284 g/mol. The van der Waals surface area contributed by atoms with Crippen molar-refractivity contribution in [1.29, 1.82) is 0 Å². The van der Waals surface area contributed by atoms with Gasteiger partial charge in [-0.1, -0.05) is 0 Å². The van der Waals surface area contributed by atoms with Gasteiger partial charge in [-0.25, -0.2) is 8.42 Å². The molecule has 0 saturated carbocycles. The molecule has 0 aliphatic carbocycles. The topological polar surface area (TPSA) is 89.9 Å². The first-order chi connectivity index (χ1) is 9.49. The summed E-state index contributed by atoms with van der Waals surface area (Å²) in [6.45, 7) is 1.02. The summed E-state index contributed by atoms with van der Waals surface area (Å²) in [4.78, 5) is 10.6. The molecule has 1 N–H and O–H groups in total. The van der Waals surface area contributed by atoms with Gasteiger partial charge in [0.05, 0.1) is 23.9 Å². The van der Waals surface area contributed by atoms with Crippen molar-refractivity contribution in [1.82, 2.24) is 0 Å². The number of sulfone groups is 1. The predicted octanol–water partition coefficient (Wildman–Crippen LogP) is 1.49. The van der Waals surface area contributed by atoms with Crippen molar-refractivity contribution in [2.45, 2.75) is 24.2 Å². The number of hydrogen-bond donors (Lipinski definition) is 1. The van der Waals surface area contributed by atoms with Crippen molar-refractivity contribution in [2.75, 3.05) is 19.0 Å². The molecule has 0 aromatic heterocycles. The number of fused-ring (bicyclic) bond motifs is 1. The maximum Gasteiger partial charge on any atom is 0.303 e. The molecular formula is C13H16O6S. The van der Waals surface area contributed by atoms with Gasteiger partial charge in [-0.15, -0.1) is 0 Å². The molecule has 0 bridgehead atoms. The summed E-state index contributed by atoms with van der Waals surface area (Å²) in [5, 5.41) is 8.54. The van der Waals surface area contributed by atoms with Crippen molar-refractivity contribution in [3.63, 3.8) is 0 Å². The Labute approximate surface area is 117 Å². The Morgan fingerprint density at radius 1 is 1.20 bits per heavy atom. The van der Waals surface area contributed by atoms with Crippen molar-refractivity contribution < 1.29 is 27.8 Å². The smallest absolute Gasteiger partial charge is 0.303 e. The van der Waals surface area contributed by atoms with Crippen LogP contribution in [0.25, 0.3) is 0 Å². The fraction of sp³-hybridized carbons (Fsp3) is 0.462. The van der Waals surface area contributed by atoms with Crippen molar-refractivity contribution in [3.8, 4) is 11.5 Å². The number of hydrogen-bond acceptors (Lipinski definition) is 5. The molecule has 0 amide bonds. The molecule has 2 rings (SSSR count). The monoisotopic (exact) mass is 300 g/mol. The molecule has 1 aromatic rings. The van der Waals surface area contributed by atoms with Crippen molar-refractivity contribution in [2.24, 2.45) is 0 Å². The summed E-state index contributed by atoms with van der Waals surface area (Å²) >= 11 is 0. The molecule has 1 aliphatic heterocycles. The van der Waals surface area contributed by atoms with E-state index in [2.05, 4.69) is 0 Å². The molecule has 0 atom stereocenters. The van der Waals surface area contributed by atoms with Crippen LogP contribution in [0.5, 0.6) is 11.5 Å². The number of rotatable bonds is 5. The largest absolute Gasteiger partial charge is 0.490 e. The summed E-state index contributed by atoms with van der Waals surface area (Å²) in [7, 11) is -3.50. The summed E-state index contributed by atoms with van der Waals surface area (Å²) in [6.07, 6.45) is 0.672. The lowest BCUT2D eigenvalue weighted by molar-refractivity contribution is -0.137. The van der Waals surface area contributed by atoms with Crippen LogP contribution < -0.4 is 9.47 Å². The highest BCUT2D eigenvalue weighted by Gasteiger charge is 2.19. The van der Waals surface area contributed by atoms with E-state index in [4.69, 9.17) is 14.6 Å². The van der Waals surface area contributed by atoms with Crippen LogP contribution in [-0.4, -0.2) is 38.5 Å². The zero-order chi connectivity index (χ0) is 14.6. The van der Waals surface area contributed by atoms with Crippen LogP contribution in [0.1, 0.15) is 19.3 Å². The minimum Gasteiger partial charge on any atom is -0.490 e. The Kier molecular flexibility index (Phi) is 4.49. The Balaban J connectivity index is 2.15. The van der Waals surface area contributed by atoms with E-state index in [9.17, 15) is 13.2 Å². The van der Waals surface area contributed by atoms with Gasteiger partial charge in [-0.3, -0.25) is 4.79 Å². The number of benzene rings is 1. The van der Waals surface area contributed by atoms with Crippen LogP contribution >= 0.6 is 0 Å². The Morgan fingerprint density at radius 2 is 1.90 bits per heavy atom. The average Bonchev–Trinajstić information content (AvgIpc) is 2.62. The van der Waals surface area contributed by atoms with E-state index >= 15 is 0 Å². The fourth-order valence-electron chi connectivity index (χ4n) is 1.87. The summed E-state index contributed by atoms with van der Waals surface area (Å²) < 4.78 is 35.1.